The van der Waals surface area contributed by atoms with Gasteiger partial charge in [-0.05, 0) is 75.1 Å². The number of fused-ring (bicyclic) bond motifs is 1. The van der Waals surface area contributed by atoms with Crippen molar-refractivity contribution in [2.24, 2.45) is 5.73 Å². The Hall–Kier alpha value is -2.06. The van der Waals surface area contributed by atoms with Gasteiger partial charge in [0.25, 0.3) is 0 Å². The molecule has 0 bridgehead atoms. The molecular weight excluding hydrogens is 402 g/mol. The van der Waals surface area contributed by atoms with Crippen molar-refractivity contribution in [3.05, 3.63) is 64.7 Å². The quantitative estimate of drug-likeness (QED) is 0.592. The first-order valence-corrected chi connectivity index (χ1v) is 10.6. The first-order chi connectivity index (χ1) is 14.5. The van der Waals surface area contributed by atoms with Crippen LogP contribution in [0.1, 0.15) is 50.4 Å². The van der Waals surface area contributed by atoms with Crippen LogP contribution in [0, 0.1) is 11.6 Å². The maximum Gasteiger partial charge on any atom is 0.126 e. The molecule has 1 aliphatic heterocycles. The number of rotatable bonds is 8. The van der Waals surface area contributed by atoms with Gasteiger partial charge in [0.1, 0.15) is 17.4 Å². The number of nitrogens with one attached hydrogen (secondary N) is 1. The minimum absolute atomic E-state index is 0.0600. The monoisotopic (exact) mass is 434 g/mol. The third kappa shape index (κ3) is 6.01. The summed E-state index contributed by atoms with van der Waals surface area (Å²) in [5.74, 6) is -0.538. The van der Waals surface area contributed by atoms with Crippen molar-refractivity contribution in [1.29, 1.82) is 0 Å². The van der Waals surface area contributed by atoms with E-state index in [-0.39, 0.29) is 25.1 Å². The highest BCUT2D eigenvalue weighted by atomic mass is 19.1. The number of halogens is 2. The summed E-state index contributed by atoms with van der Waals surface area (Å²) in [6, 6.07) is 8.42. The van der Waals surface area contributed by atoms with Crippen molar-refractivity contribution in [1.82, 2.24) is 5.32 Å². The van der Waals surface area contributed by atoms with Gasteiger partial charge in [-0.3, -0.25) is 0 Å². The lowest BCUT2D eigenvalue weighted by molar-refractivity contribution is -0.0486. The van der Waals surface area contributed by atoms with E-state index in [1.54, 1.807) is 0 Å². The van der Waals surface area contributed by atoms with Crippen LogP contribution in [-0.2, 0) is 16.8 Å². The van der Waals surface area contributed by atoms with Crippen LogP contribution in [0.5, 0.6) is 5.75 Å². The van der Waals surface area contributed by atoms with Crippen molar-refractivity contribution >= 4 is 0 Å². The van der Waals surface area contributed by atoms with Crippen molar-refractivity contribution in [2.45, 2.75) is 64.0 Å². The Labute approximate surface area is 182 Å². The molecule has 2 aromatic rings. The van der Waals surface area contributed by atoms with Gasteiger partial charge in [-0.2, -0.15) is 0 Å². The zero-order chi connectivity index (χ0) is 22.8. The second-order valence-corrected chi connectivity index (χ2v) is 8.91. The topological polar surface area (TPSA) is 76.7 Å². The molecule has 1 heterocycles. The molecule has 0 saturated heterocycles. The van der Waals surface area contributed by atoms with Gasteiger partial charge in [0.2, 0.25) is 0 Å². The molecule has 0 fully saturated rings. The van der Waals surface area contributed by atoms with E-state index in [1.807, 2.05) is 45.9 Å². The summed E-state index contributed by atoms with van der Waals surface area (Å²) in [6.45, 7) is 8.64. The average molecular weight is 435 g/mol. The van der Waals surface area contributed by atoms with Crippen LogP contribution in [0.15, 0.2) is 36.4 Å². The molecule has 0 saturated carbocycles. The van der Waals surface area contributed by atoms with Crippen LogP contribution < -0.4 is 15.8 Å². The number of benzene rings is 2. The van der Waals surface area contributed by atoms with Crippen molar-refractivity contribution < 1.29 is 23.4 Å². The van der Waals surface area contributed by atoms with Crippen LogP contribution >= 0.6 is 0 Å². The molecule has 0 amide bonds. The number of ether oxygens (including phenoxy) is 2. The lowest BCUT2D eigenvalue weighted by Gasteiger charge is -2.38. The summed E-state index contributed by atoms with van der Waals surface area (Å²) in [7, 11) is 0. The normalized spacial score (nSPS) is 19.7. The van der Waals surface area contributed by atoms with E-state index in [0.717, 1.165) is 22.9 Å². The minimum atomic E-state index is -0.903. The summed E-state index contributed by atoms with van der Waals surface area (Å²) in [5.41, 5.74) is 8.19. The van der Waals surface area contributed by atoms with Crippen LogP contribution in [0.25, 0.3) is 0 Å². The van der Waals surface area contributed by atoms with Crippen LogP contribution in [0.4, 0.5) is 8.78 Å². The molecule has 7 heteroatoms. The summed E-state index contributed by atoms with van der Waals surface area (Å²) >= 11 is 0. The molecule has 3 atom stereocenters. The second kappa shape index (κ2) is 9.61. The Balaban J connectivity index is 1.68. The predicted octanol–water partition coefficient (Wildman–Crippen LogP) is 3.58. The first-order valence-electron chi connectivity index (χ1n) is 10.6. The molecule has 170 valence electrons. The van der Waals surface area contributed by atoms with Gasteiger partial charge in [-0.1, -0.05) is 6.07 Å². The zero-order valence-corrected chi connectivity index (χ0v) is 18.5. The number of hydrogen-bond acceptors (Lipinski definition) is 5. The smallest absolute Gasteiger partial charge is 0.126 e. The maximum absolute atomic E-state index is 13.4. The Morgan fingerprint density at radius 1 is 1.19 bits per heavy atom. The summed E-state index contributed by atoms with van der Waals surface area (Å²) < 4.78 is 38.7. The molecule has 5 nitrogen and oxygen atoms in total. The van der Waals surface area contributed by atoms with E-state index in [9.17, 15) is 13.9 Å². The first kappa shape index (κ1) is 23.6. The molecule has 0 radical (unpaired) electrons. The van der Waals surface area contributed by atoms with Gasteiger partial charge in [0.05, 0.1) is 30.5 Å². The van der Waals surface area contributed by atoms with Crippen molar-refractivity contribution in [3.63, 3.8) is 0 Å². The third-order valence-corrected chi connectivity index (χ3v) is 5.49. The van der Waals surface area contributed by atoms with Gasteiger partial charge in [0.15, 0.2) is 0 Å². The molecule has 0 aromatic heterocycles. The molecule has 1 aliphatic rings. The highest BCUT2D eigenvalue weighted by molar-refractivity contribution is 5.42. The molecule has 4 N–H and O–H groups in total. The molecule has 31 heavy (non-hydrogen) atoms. The number of aliphatic hydroxyl groups is 1. The fourth-order valence-corrected chi connectivity index (χ4v) is 3.90. The third-order valence-electron chi connectivity index (χ3n) is 5.49. The van der Waals surface area contributed by atoms with Crippen LogP contribution in [-0.4, -0.2) is 36.5 Å². The highest BCUT2D eigenvalue weighted by Crippen LogP contribution is 2.38. The van der Waals surface area contributed by atoms with Crippen molar-refractivity contribution in [3.8, 4) is 5.75 Å². The lowest BCUT2D eigenvalue weighted by Crippen LogP contribution is -2.46. The van der Waals surface area contributed by atoms with Gasteiger partial charge in [-0.25, -0.2) is 8.78 Å². The fraction of sp³-hybridized carbons (Fsp3) is 0.500. The summed E-state index contributed by atoms with van der Waals surface area (Å²) in [5, 5.41) is 13.9. The van der Waals surface area contributed by atoms with Gasteiger partial charge in [0, 0.05) is 18.7 Å². The maximum atomic E-state index is 13.4. The Morgan fingerprint density at radius 2 is 1.87 bits per heavy atom. The van der Waals surface area contributed by atoms with E-state index in [0.29, 0.717) is 12.2 Å². The Morgan fingerprint density at radius 3 is 2.52 bits per heavy atom. The standard InChI is InChI=1S/C24H32F2N2O3/c1-14(2)31-18-5-6-20-19(11-18)22(13-30-24(20,3)4)28-12-23(29)21(27)9-15-7-16(25)10-17(26)8-15/h5-8,10-11,14,21-23,28-29H,9,12-13,27H2,1-4H3. The molecule has 0 spiro atoms. The Kier molecular flexibility index (Phi) is 7.31. The number of nitrogens with two attached hydrogens (primary N) is 1. The predicted molar refractivity (Wildman–Crippen MR) is 116 cm³/mol. The lowest BCUT2D eigenvalue weighted by atomic mass is 9.86. The molecule has 0 aliphatic carbocycles. The SMILES string of the molecule is CC(C)Oc1ccc2c(c1)C(NCC(O)C(N)Cc1cc(F)cc(F)c1)COC2(C)C. The second-order valence-electron chi connectivity index (χ2n) is 8.91. The summed E-state index contributed by atoms with van der Waals surface area (Å²) in [6.07, 6.45) is -0.682. The fourth-order valence-electron chi connectivity index (χ4n) is 3.90. The van der Waals surface area contributed by atoms with Gasteiger partial charge in [-0.15, -0.1) is 0 Å². The van der Waals surface area contributed by atoms with E-state index < -0.39 is 29.4 Å². The summed E-state index contributed by atoms with van der Waals surface area (Å²) in [4.78, 5) is 0. The Bertz CT molecular complexity index is 884. The van der Waals surface area contributed by atoms with Gasteiger partial charge < -0.3 is 25.6 Å². The van der Waals surface area contributed by atoms with E-state index >= 15 is 0 Å². The minimum Gasteiger partial charge on any atom is -0.491 e. The molecule has 3 rings (SSSR count). The zero-order valence-electron chi connectivity index (χ0n) is 18.5. The van der Waals surface area contributed by atoms with Crippen LogP contribution in [0.3, 0.4) is 0 Å². The van der Waals surface area contributed by atoms with Crippen LogP contribution in [0.2, 0.25) is 0 Å². The largest absolute Gasteiger partial charge is 0.491 e. The average Bonchev–Trinajstić information content (AvgIpc) is 2.65. The van der Waals surface area contributed by atoms with E-state index in [2.05, 4.69) is 5.32 Å². The molecule has 3 unspecified atom stereocenters. The van der Waals surface area contributed by atoms with E-state index in [4.69, 9.17) is 15.2 Å². The number of hydrogen-bond donors (Lipinski definition) is 3. The van der Waals surface area contributed by atoms with Crippen molar-refractivity contribution in [2.75, 3.05) is 13.2 Å². The highest BCUT2D eigenvalue weighted by Gasteiger charge is 2.34. The van der Waals surface area contributed by atoms with Gasteiger partial charge >= 0.3 is 0 Å². The van der Waals surface area contributed by atoms with E-state index in [1.165, 1.54) is 12.1 Å². The molecule has 2 aromatic carbocycles. The molecular formula is C24H32F2N2O3. The number of aliphatic hydroxyl groups excluding tert-OH is 1.